The molecule has 3 aliphatic rings. The van der Waals surface area contributed by atoms with E-state index in [1.807, 2.05) is 6.07 Å². The van der Waals surface area contributed by atoms with Gasteiger partial charge < -0.3 is 19.6 Å². The molecule has 2 saturated heterocycles. The number of benzene rings is 2. The number of fused-ring (bicyclic) bond motifs is 3. The molecule has 194 valence electrons. The maximum absolute atomic E-state index is 14.5. The SMILES string of the molecule is CCC1(C(F)(F)F)NNC2=CCc3cc(COc4cc(F)cc(C5(OC)CCOCC5)c4)ccc3N21. The van der Waals surface area contributed by atoms with E-state index in [9.17, 15) is 17.6 Å². The molecule has 2 aromatic carbocycles. The number of anilines is 1. The summed E-state index contributed by atoms with van der Waals surface area (Å²) in [5.41, 5.74) is 5.01. The molecule has 3 aliphatic heterocycles. The van der Waals surface area contributed by atoms with Gasteiger partial charge in [0.1, 0.15) is 24.0 Å². The summed E-state index contributed by atoms with van der Waals surface area (Å²) in [6.45, 7) is 2.70. The minimum atomic E-state index is -4.50. The Hall–Kier alpha value is -2.82. The lowest BCUT2D eigenvalue weighted by molar-refractivity contribution is -0.193. The Bertz CT molecular complexity index is 1160. The Morgan fingerprint density at radius 3 is 2.58 bits per heavy atom. The molecular formula is C26H29F4N3O3. The number of nitrogens with zero attached hydrogens (tertiary/aromatic N) is 1. The van der Waals surface area contributed by atoms with Crippen molar-refractivity contribution in [3.05, 3.63) is 70.8 Å². The zero-order valence-corrected chi connectivity index (χ0v) is 20.2. The Morgan fingerprint density at radius 2 is 1.89 bits per heavy atom. The fourth-order valence-corrected chi connectivity index (χ4v) is 5.31. The van der Waals surface area contributed by atoms with Gasteiger partial charge in [-0.3, -0.25) is 4.90 Å². The lowest BCUT2D eigenvalue weighted by atomic mass is 9.86. The summed E-state index contributed by atoms with van der Waals surface area (Å²) in [4.78, 5) is 1.29. The summed E-state index contributed by atoms with van der Waals surface area (Å²) in [6.07, 6.45) is -1.24. The average Bonchev–Trinajstić information content (AvgIpc) is 3.28. The van der Waals surface area contributed by atoms with Gasteiger partial charge in [-0.15, -0.1) is 0 Å². The number of alkyl halides is 3. The van der Waals surface area contributed by atoms with Gasteiger partial charge in [0.15, 0.2) is 0 Å². The van der Waals surface area contributed by atoms with E-state index in [1.165, 1.54) is 24.0 Å². The molecule has 2 N–H and O–H groups in total. The van der Waals surface area contributed by atoms with Crippen LogP contribution in [0, 0.1) is 5.82 Å². The van der Waals surface area contributed by atoms with Crippen LogP contribution in [0.4, 0.5) is 23.2 Å². The van der Waals surface area contributed by atoms with Crippen molar-refractivity contribution in [3.8, 4) is 5.75 Å². The Balaban J connectivity index is 1.37. The van der Waals surface area contributed by atoms with E-state index in [4.69, 9.17) is 14.2 Å². The molecule has 0 saturated carbocycles. The molecule has 0 radical (unpaired) electrons. The second kappa shape index (κ2) is 9.24. The molecule has 10 heteroatoms. The fourth-order valence-electron chi connectivity index (χ4n) is 5.31. The molecule has 36 heavy (non-hydrogen) atoms. The van der Waals surface area contributed by atoms with Crippen LogP contribution in [0.5, 0.6) is 5.75 Å². The highest BCUT2D eigenvalue weighted by molar-refractivity contribution is 5.65. The van der Waals surface area contributed by atoms with E-state index in [0.717, 1.165) is 11.1 Å². The number of allylic oxidation sites excluding steroid dienone is 1. The molecule has 0 aromatic heterocycles. The van der Waals surface area contributed by atoms with Crippen LogP contribution < -0.4 is 20.5 Å². The van der Waals surface area contributed by atoms with Crippen molar-refractivity contribution in [2.75, 3.05) is 25.2 Å². The highest BCUT2D eigenvalue weighted by atomic mass is 19.4. The van der Waals surface area contributed by atoms with Crippen molar-refractivity contribution in [3.63, 3.8) is 0 Å². The summed E-state index contributed by atoms with van der Waals surface area (Å²) < 4.78 is 73.9. The van der Waals surface area contributed by atoms with Gasteiger partial charge in [0.25, 0.3) is 0 Å². The maximum atomic E-state index is 14.5. The first-order valence-corrected chi connectivity index (χ1v) is 12.0. The molecule has 1 unspecified atom stereocenters. The van der Waals surface area contributed by atoms with Crippen molar-refractivity contribution >= 4 is 5.69 Å². The van der Waals surface area contributed by atoms with Crippen molar-refractivity contribution < 1.29 is 31.8 Å². The molecule has 2 fully saturated rings. The summed E-state index contributed by atoms with van der Waals surface area (Å²) in [5, 5.41) is 0. The zero-order valence-electron chi connectivity index (χ0n) is 20.2. The Morgan fingerprint density at radius 1 is 1.11 bits per heavy atom. The van der Waals surface area contributed by atoms with Gasteiger partial charge in [-0.1, -0.05) is 19.1 Å². The number of rotatable bonds is 6. The predicted molar refractivity (Wildman–Crippen MR) is 126 cm³/mol. The van der Waals surface area contributed by atoms with Gasteiger partial charge in [0.2, 0.25) is 5.66 Å². The molecule has 1 atom stereocenters. The highest BCUT2D eigenvalue weighted by Gasteiger charge is 2.62. The number of halogens is 4. The number of hydrogen-bond donors (Lipinski definition) is 2. The summed E-state index contributed by atoms with van der Waals surface area (Å²) in [5.74, 6) is 0.326. The number of ether oxygens (including phenoxy) is 3. The van der Waals surface area contributed by atoms with Crippen LogP contribution in [-0.4, -0.2) is 32.2 Å². The lowest BCUT2D eigenvalue weighted by Gasteiger charge is -2.40. The molecule has 5 rings (SSSR count). The van der Waals surface area contributed by atoms with Gasteiger partial charge >= 0.3 is 6.18 Å². The minimum absolute atomic E-state index is 0.143. The largest absolute Gasteiger partial charge is 0.489 e. The van der Waals surface area contributed by atoms with E-state index < -0.39 is 23.3 Å². The van der Waals surface area contributed by atoms with Crippen molar-refractivity contribution in [1.29, 1.82) is 0 Å². The smallest absolute Gasteiger partial charge is 0.427 e. The van der Waals surface area contributed by atoms with E-state index in [2.05, 4.69) is 10.9 Å². The molecule has 2 aromatic rings. The van der Waals surface area contributed by atoms with Crippen LogP contribution in [0.25, 0.3) is 0 Å². The molecular weight excluding hydrogens is 478 g/mol. The van der Waals surface area contributed by atoms with Crippen LogP contribution in [0.1, 0.15) is 42.9 Å². The first-order valence-electron chi connectivity index (χ1n) is 12.0. The van der Waals surface area contributed by atoms with Gasteiger partial charge in [0, 0.05) is 44.9 Å². The first kappa shape index (κ1) is 24.9. The summed E-state index contributed by atoms with van der Waals surface area (Å²) >= 11 is 0. The van der Waals surface area contributed by atoms with Crippen LogP contribution in [0.2, 0.25) is 0 Å². The highest BCUT2D eigenvalue weighted by Crippen LogP contribution is 2.46. The van der Waals surface area contributed by atoms with Crippen molar-refractivity contribution in [2.45, 2.75) is 56.7 Å². The van der Waals surface area contributed by atoms with Crippen molar-refractivity contribution in [1.82, 2.24) is 10.9 Å². The second-order valence-electron chi connectivity index (χ2n) is 9.33. The second-order valence-corrected chi connectivity index (χ2v) is 9.33. The van der Waals surface area contributed by atoms with E-state index in [-0.39, 0.29) is 13.0 Å². The lowest BCUT2D eigenvalue weighted by Crippen LogP contribution is -2.63. The predicted octanol–water partition coefficient (Wildman–Crippen LogP) is 5.04. The standard InChI is InChI=1S/C26H29F4N3O3/c1-3-25(26(28,29)30)32-31-23-7-5-18-12-17(4-6-22(18)33(23)25)16-36-21-14-19(13-20(27)15-21)24(34-2)8-10-35-11-9-24/h4,6-7,12-15,31-32H,3,5,8-11,16H2,1-2H3. The quantitative estimate of drug-likeness (QED) is 0.535. The fraction of sp³-hybridized carbons (Fsp3) is 0.462. The minimum Gasteiger partial charge on any atom is -0.489 e. The van der Waals surface area contributed by atoms with Crippen molar-refractivity contribution in [2.24, 2.45) is 0 Å². The number of hydrazine groups is 1. The Labute approximate surface area is 207 Å². The average molecular weight is 508 g/mol. The molecule has 0 bridgehead atoms. The van der Waals surface area contributed by atoms with E-state index in [0.29, 0.717) is 55.3 Å². The molecule has 6 nitrogen and oxygen atoms in total. The van der Waals surface area contributed by atoms with E-state index in [1.54, 1.807) is 31.4 Å². The number of nitrogens with one attached hydrogen (secondary N) is 2. The Kier molecular flexibility index (Phi) is 6.38. The summed E-state index contributed by atoms with van der Waals surface area (Å²) in [7, 11) is 1.61. The van der Waals surface area contributed by atoms with Crippen LogP contribution in [0.3, 0.4) is 0 Å². The molecule has 3 heterocycles. The van der Waals surface area contributed by atoms with Crippen LogP contribution in [0.15, 0.2) is 48.3 Å². The normalized spacial score (nSPS) is 22.9. The number of hydrogen-bond acceptors (Lipinski definition) is 6. The number of methoxy groups -OCH3 is 1. The molecule has 0 amide bonds. The first-order chi connectivity index (χ1) is 17.2. The van der Waals surface area contributed by atoms with Gasteiger partial charge in [-0.05, 0) is 53.8 Å². The van der Waals surface area contributed by atoms with Gasteiger partial charge in [-0.2, -0.15) is 13.2 Å². The maximum Gasteiger partial charge on any atom is 0.427 e. The third-order valence-electron chi connectivity index (χ3n) is 7.39. The van der Waals surface area contributed by atoms with Gasteiger partial charge in [0.05, 0.1) is 5.60 Å². The molecule has 0 spiro atoms. The molecule has 0 aliphatic carbocycles. The zero-order chi connectivity index (χ0) is 25.6. The van der Waals surface area contributed by atoms with Crippen LogP contribution >= 0.6 is 0 Å². The van der Waals surface area contributed by atoms with Crippen LogP contribution in [-0.2, 0) is 28.1 Å². The third-order valence-corrected chi connectivity index (χ3v) is 7.39. The summed E-state index contributed by atoms with van der Waals surface area (Å²) in [6, 6.07) is 9.83. The third kappa shape index (κ3) is 4.10. The van der Waals surface area contributed by atoms with E-state index >= 15 is 0 Å². The topological polar surface area (TPSA) is 55.0 Å². The van der Waals surface area contributed by atoms with Gasteiger partial charge in [-0.25, -0.2) is 9.82 Å². The monoisotopic (exact) mass is 507 g/mol.